The Morgan fingerprint density at radius 3 is 2.55 bits per heavy atom. The molecule has 5 nitrogen and oxygen atoms in total. The number of methoxy groups -OCH3 is 1. The highest BCUT2D eigenvalue weighted by molar-refractivity contribution is 7.17. The summed E-state index contributed by atoms with van der Waals surface area (Å²) in [5, 5.41) is 12.8. The van der Waals surface area contributed by atoms with Gasteiger partial charge in [0.25, 0.3) is 0 Å². The normalized spacial score (nSPS) is 11.9. The monoisotopic (exact) mass is 292 g/mol. The van der Waals surface area contributed by atoms with Crippen molar-refractivity contribution in [3.8, 4) is 5.75 Å². The summed E-state index contributed by atoms with van der Waals surface area (Å²) in [5.41, 5.74) is 1.61. The van der Waals surface area contributed by atoms with Crippen LogP contribution in [0.3, 0.4) is 0 Å². The van der Waals surface area contributed by atoms with Gasteiger partial charge >= 0.3 is 5.97 Å². The summed E-state index contributed by atoms with van der Waals surface area (Å²) < 4.78 is 5.12. The van der Waals surface area contributed by atoms with Gasteiger partial charge in [-0.2, -0.15) is 0 Å². The number of benzene rings is 1. The number of aryl methyl sites for hydroxylation is 1. The Kier molecular flexibility index (Phi) is 4.24. The Labute approximate surface area is 121 Å². The minimum atomic E-state index is -0.940. The second kappa shape index (κ2) is 5.92. The Morgan fingerprint density at radius 2 is 2.05 bits per heavy atom. The first-order valence-corrected chi connectivity index (χ1v) is 6.94. The molecule has 0 aliphatic heterocycles. The molecule has 1 unspecified atom stereocenters. The van der Waals surface area contributed by atoms with E-state index in [-0.39, 0.29) is 10.9 Å². The van der Waals surface area contributed by atoms with Gasteiger partial charge in [-0.1, -0.05) is 23.5 Å². The van der Waals surface area contributed by atoms with Crippen LogP contribution < -0.4 is 10.1 Å². The quantitative estimate of drug-likeness (QED) is 0.884. The van der Waals surface area contributed by atoms with Gasteiger partial charge in [-0.15, -0.1) is 0 Å². The molecule has 0 bridgehead atoms. The molecule has 20 heavy (non-hydrogen) atoms. The van der Waals surface area contributed by atoms with Crippen molar-refractivity contribution in [1.29, 1.82) is 0 Å². The van der Waals surface area contributed by atoms with E-state index in [1.165, 1.54) is 0 Å². The number of ether oxygens (including phenoxy) is 1. The molecule has 1 heterocycles. The van der Waals surface area contributed by atoms with Crippen LogP contribution in [0.25, 0.3) is 0 Å². The molecule has 106 valence electrons. The average molecular weight is 292 g/mol. The minimum absolute atomic E-state index is 0.0353. The molecular weight excluding hydrogens is 276 g/mol. The van der Waals surface area contributed by atoms with Crippen molar-refractivity contribution in [3.63, 3.8) is 0 Å². The van der Waals surface area contributed by atoms with E-state index < -0.39 is 5.97 Å². The maximum Gasteiger partial charge on any atom is 0.347 e. The van der Waals surface area contributed by atoms with Crippen LogP contribution in [0.2, 0.25) is 0 Å². The molecule has 6 heteroatoms. The van der Waals surface area contributed by atoms with Gasteiger partial charge < -0.3 is 15.2 Å². The minimum Gasteiger partial charge on any atom is -0.497 e. The van der Waals surface area contributed by atoms with E-state index >= 15 is 0 Å². The summed E-state index contributed by atoms with van der Waals surface area (Å²) >= 11 is 1.15. The summed E-state index contributed by atoms with van der Waals surface area (Å²) in [5.74, 6) is -0.135. The lowest BCUT2D eigenvalue weighted by atomic mass is 10.1. The van der Waals surface area contributed by atoms with E-state index in [1.54, 1.807) is 14.0 Å². The molecule has 2 N–H and O–H groups in total. The molecule has 0 saturated carbocycles. The van der Waals surface area contributed by atoms with Crippen LogP contribution in [0.4, 0.5) is 5.13 Å². The second-order valence-electron chi connectivity index (χ2n) is 4.38. The molecule has 0 saturated heterocycles. The summed E-state index contributed by atoms with van der Waals surface area (Å²) in [6.45, 7) is 3.70. The first-order valence-electron chi connectivity index (χ1n) is 6.12. The van der Waals surface area contributed by atoms with Crippen LogP contribution >= 0.6 is 11.3 Å². The van der Waals surface area contributed by atoms with E-state index in [0.29, 0.717) is 10.8 Å². The highest BCUT2D eigenvalue weighted by Crippen LogP contribution is 2.27. The lowest BCUT2D eigenvalue weighted by molar-refractivity contribution is 0.0701. The van der Waals surface area contributed by atoms with Crippen LogP contribution in [0.5, 0.6) is 5.75 Å². The molecule has 1 atom stereocenters. The van der Waals surface area contributed by atoms with Crippen molar-refractivity contribution in [2.45, 2.75) is 19.9 Å². The SMILES string of the molecule is COc1ccc(C(C)Nc2nc(C)c(C(=O)O)s2)cc1. The first kappa shape index (κ1) is 14.3. The van der Waals surface area contributed by atoms with Crippen LogP contribution in [-0.2, 0) is 0 Å². The van der Waals surface area contributed by atoms with E-state index in [9.17, 15) is 4.79 Å². The third kappa shape index (κ3) is 3.08. The van der Waals surface area contributed by atoms with Crippen molar-refractivity contribution in [2.75, 3.05) is 12.4 Å². The number of thiazole rings is 1. The molecule has 2 rings (SSSR count). The molecule has 0 spiro atoms. The molecule has 0 radical (unpaired) electrons. The number of rotatable bonds is 5. The molecule has 0 fully saturated rings. The summed E-state index contributed by atoms with van der Waals surface area (Å²) in [6.07, 6.45) is 0. The number of nitrogens with zero attached hydrogens (tertiary/aromatic N) is 1. The number of aromatic carboxylic acids is 1. The fraction of sp³-hybridized carbons (Fsp3) is 0.286. The van der Waals surface area contributed by atoms with Gasteiger partial charge in [0, 0.05) is 0 Å². The third-order valence-electron chi connectivity index (χ3n) is 2.95. The van der Waals surface area contributed by atoms with Gasteiger partial charge in [0.1, 0.15) is 10.6 Å². The second-order valence-corrected chi connectivity index (χ2v) is 5.38. The summed E-state index contributed by atoms with van der Waals surface area (Å²) in [4.78, 5) is 15.5. The van der Waals surface area contributed by atoms with Crippen molar-refractivity contribution < 1.29 is 14.6 Å². The predicted molar refractivity (Wildman–Crippen MR) is 78.8 cm³/mol. The molecule has 1 aromatic carbocycles. The van der Waals surface area contributed by atoms with Crippen molar-refractivity contribution in [3.05, 3.63) is 40.4 Å². The van der Waals surface area contributed by atoms with Gasteiger partial charge in [-0.25, -0.2) is 9.78 Å². The van der Waals surface area contributed by atoms with Crippen molar-refractivity contribution in [1.82, 2.24) is 4.98 Å². The highest BCUT2D eigenvalue weighted by atomic mass is 32.1. The van der Waals surface area contributed by atoms with Crippen LogP contribution in [0.15, 0.2) is 24.3 Å². The Balaban J connectivity index is 2.12. The van der Waals surface area contributed by atoms with E-state index in [4.69, 9.17) is 9.84 Å². The number of anilines is 1. The highest BCUT2D eigenvalue weighted by Gasteiger charge is 2.15. The number of carboxylic acid groups (broad SMARTS) is 1. The topological polar surface area (TPSA) is 71.5 Å². The zero-order valence-electron chi connectivity index (χ0n) is 11.5. The predicted octanol–water partition coefficient (Wildman–Crippen LogP) is 3.33. The van der Waals surface area contributed by atoms with Gasteiger partial charge in [0.05, 0.1) is 18.8 Å². The Hall–Kier alpha value is -2.08. The average Bonchev–Trinajstić information content (AvgIpc) is 2.79. The maximum absolute atomic E-state index is 11.0. The Bertz CT molecular complexity index is 607. The number of aromatic nitrogens is 1. The number of carboxylic acids is 1. The van der Waals surface area contributed by atoms with Gasteiger partial charge in [-0.3, -0.25) is 0 Å². The van der Waals surface area contributed by atoms with E-state index in [1.807, 2.05) is 31.2 Å². The third-order valence-corrected chi connectivity index (χ3v) is 4.02. The van der Waals surface area contributed by atoms with Crippen molar-refractivity contribution >= 4 is 22.4 Å². The zero-order valence-corrected chi connectivity index (χ0v) is 12.3. The van der Waals surface area contributed by atoms with E-state index in [0.717, 1.165) is 22.6 Å². The first-order chi connectivity index (χ1) is 9.51. The standard InChI is InChI=1S/C14H16N2O3S/c1-8(10-4-6-11(19-3)7-5-10)15-14-16-9(2)12(20-14)13(17)18/h4-8H,1-3H3,(H,15,16)(H,17,18). The molecule has 1 aromatic heterocycles. The van der Waals surface area contributed by atoms with Crippen molar-refractivity contribution in [2.24, 2.45) is 0 Å². The largest absolute Gasteiger partial charge is 0.497 e. The molecule has 2 aromatic rings. The summed E-state index contributed by atoms with van der Waals surface area (Å²) in [6, 6.07) is 7.75. The Morgan fingerprint density at radius 1 is 1.40 bits per heavy atom. The fourth-order valence-corrected chi connectivity index (χ4v) is 2.71. The van der Waals surface area contributed by atoms with Gasteiger partial charge in [0.15, 0.2) is 5.13 Å². The molecule has 0 aliphatic carbocycles. The molecular formula is C14H16N2O3S. The number of hydrogen-bond donors (Lipinski definition) is 2. The number of hydrogen-bond acceptors (Lipinski definition) is 5. The van der Waals surface area contributed by atoms with E-state index in [2.05, 4.69) is 10.3 Å². The lowest BCUT2D eigenvalue weighted by Gasteiger charge is -2.13. The van der Waals surface area contributed by atoms with Crippen LogP contribution in [-0.4, -0.2) is 23.2 Å². The lowest BCUT2D eigenvalue weighted by Crippen LogP contribution is -2.06. The maximum atomic E-state index is 11.0. The number of carbonyl (C=O) groups is 1. The smallest absolute Gasteiger partial charge is 0.347 e. The van der Waals surface area contributed by atoms with Gasteiger partial charge in [-0.05, 0) is 31.5 Å². The molecule has 0 amide bonds. The zero-order chi connectivity index (χ0) is 14.7. The summed E-state index contributed by atoms with van der Waals surface area (Å²) in [7, 11) is 1.63. The van der Waals surface area contributed by atoms with Crippen LogP contribution in [0.1, 0.15) is 33.9 Å². The number of nitrogens with one attached hydrogen (secondary N) is 1. The molecule has 0 aliphatic rings. The van der Waals surface area contributed by atoms with Crippen LogP contribution in [0, 0.1) is 6.92 Å². The fourth-order valence-electron chi connectivity index (χ4n) is 1.82. The van der Waals surface area contributed by atoms with Gasteiger partial charge in [0.2, 0.25) is 0 Å².